The molecule has 2 N–H and O–H groups in total. The lowest BCUT2D eigenvalue weighted by molar-refractivity contribution is 0.0735. The van der Waals surface area contributed by atoms with Crippen molar-refractivity contribution in [1.29, 1.82) is 0 Å². The first kappa shape index (κ1) is 10.3. The summed E-state index contributed by atoms with van der Waals surface area (Å²) < 4.78 is 9.97. The minimum Gasteiger partial charge on any atom is -0.448 e. The third-order valence-corrected chi connectivity index (χ3v) is 2.12. The van der Waals surface area contributed by atoms with Crippen molar-refractivity contribution < 1.29 is 13.9 Å². The van der Waals surface area contributed by atoms with Crippen LogP contribution in [0.3, 0.4) is 0 Å². The second kappa shape index (κ2) is 4.10. The Bertz CT molecular complexity index is 516. The van der Waals surface area contributed by atoms with Crippen LogP contribution in [0.15, 0.2) is 41.0 Å². The fourth-order valence-corrected chi connectivity index (χ4v) is 1.33. The molecule has 0 amide bonds. The molecular weight excluding hydrogens is 206 g/mol. The molecular formula is C12H11NO3. The molecule has 4 nitrogen and oxygen atoms in total. The fraction of sp³-hybridized carbons (Fsp3) is 0.0833. The second-order valence-corrected chi connectivity index (χ2v) is 3.40. The van der Waals surface area contributed by atoms with Crippen LogP contribution in [0.1, 0.15) is 15.9 Å². The number of aryl methyl sites for hydroxylation is 1. The molecule has 0 saturated carbocycles. The number of carbonyl (C=O) groups is 1. The molecule has 16 heavy (non-hydrogen) atoms. The molecule has 0 bridgehead atoms. The molecule has 1 aromatic carbocycles. The largest absolute Gasteiger partial charge is 0.448 e. The van der Waals surface area contributed by atoms with E-state index in [-0.39, 0.29) is 11.4 Å². The van der Waals surface area contributed by atoms with E-state index in [1.165, 1.54) is 12.3 Å². The van der Waals surface area contributed by atoms with Gasteiger partial charge in [0.2, 0.25) is 5.88 Å². The Morgan fingerprint density at radius 2 is 2.19 bits per heavy atom. The van der Waals surface area contributed by atoms with Crippen LogP contribution in [0.25, 0.3) is 0 Å². The highest BCUT2D eigenvalue weighted by molar-refractivity contribution is 5.95. The Morgan fingerprint density at radius 1 is 1.38 bits per heavy atom. The van der Waals surface area contributed by atoms with Gasteiger partial charge < -0.3 is 14.9 Å². The lowest BCUT2D eigenvalue weighted by Gasteiger charge is -2.03. The predicted molar refractivity (Wildman–Crippen MR) is 59.3 cm³/mol. The van der Waals surface area contributed by atoms with E-state index in [9.17, 15) is 4.79 Å². The number of ether oxygens (including phenoxy) is 1. The number of anilines is 1. The van der Waals surface area contributed by atoms with Crippen molar-refractivity contribution in [1.82, 2.24) is 0 Å². The van der Waals surface area contributed by atoms with Gasteiger partial charge in [0, 0.05) is 0 Å². The Hall–Kier alpha value is -2.23. The highest BCUT2D eigenvalue weighted by atomic mass is 16.5. The molecule has 0 radical (unpaired) electrons. The molecule has 0 aliphatic heterocycles. The molecule has 1 aromatic heterocycles. The maximum atomic E-state index is 11.6. The van der Waals surface area contributed by atoms with E-state index < -0.39 is 5.97 Å². The minimum absolute atomic E-state index is 0.0673. The van der Waals surface area contributed by atoms with Crippen molar-refractivity contribution in [3.63, 3.8) is 0 Å². The van der Waals surface area contributed by atoms with Crippen LogP contribution in [0.4, 0.5) is 5.88 Å². The van der Waals surface area contributed by atoms with E-state index in [4.69, 9.17) is 14.9 Å². The van der Waals surface area contributed by atoms with E-state index in [1.54, 1.807) is 12.1 Å². The van der Waals surface area contributed by atoms with Gasteiger partial charge in [-0.15, -0.1) is 0 Å². The molecule has 0 fully saturated rings. The van der Waals surface area contributed by atoms with Gasteiger partial charge in [-0.1, -0.05) is 12.1 Å². The van der Waals surface area contributed by atoms with Crippen molar-refractivity contribution in [3.8, 4) is 5.75 Å². The van der Waals surface area contributed by atoms with Crippen molar-refractivity contribution in [2.45, 2.75) is 6.92 Å². The number of furan rings is 1. The summed E-state index contributed by atoms with van der Waals surface area (Å²) in [5.74, 6) is 0.0418. The highest BCUT2D eigenvalue weighted by Crippen LogP contribution is 2.18. The van der Waals surface area contributed by atoms with Gasteiger partial charge in [-0.3, -0.25) is 0 Å². The Labute approximate surface area is 92.6 Å². The minimum atomic E-state index is -0.517. The molecule has 1 heterocycles. The summed E-state index contributed by atoms with van der Waals surface area (Å²) >= 11 is 0. The summed E-state index contributed by atoms with van der Waals surface area (Å²) in [4.78, 5) is 11.6. The smallest absolute Gasteiger partial charge is 0.349 e. The van der Waals surface area contributed by atoms with Gasteiger partial charge in [-0.2, -0.15) is 0 Å². The maximum absolute atomic E-state index is 11.6. The van der Waals surface area contributed by atoms with Gasteiger partial charge >= 0.3 is 5.97 Å². The topological polar surface area (TPSA) is 65.5 Å². The monoisotopic (exact) mass is 217 g/mol. The van der Waals surface area contributed by atoms with Crippen molar-refractivity contribution >= 4 is 11.9 Å². The summed E-state index contributed by atoms with van der Waals surface area (Å²) in [6, 6.07) is 8.70. The number of hydrogen-bond donors (Lipinski definition) is 1. The van der Waals surface area contributed by atoms with Crippen LogP contribution in [-0.2, 0) is 0 Å². The Balaban J connectivity index is 2.17. The molecule has 0 aliphatic carbocycles. The summed E-state index contributed by atoms with van der Waals surface area (Å²) in [6.45, 7) is 1.92. The SMILES string of the molecule is Cc1cccc(OC(=O)c2ccoc2N)c1. The van der Waals surface area contributed by atoms with Crippen LogP contribution in [0.5, 0.6) is 5.75 Å². The molecule has 0 atom stereocenters. The first-order valence-electron chi connectivity index (χ1n) is 4.78. The predicted octanol–water partition coefficient (Wildman–Crippen LogP) is 2.39. The maximum Gasteiger partial charge on any atom is 0.349 e. The van der Waals surface area contributed by atoms with Gasteiger partial charge in [0.05, 0.1) is 6.26 Å². The molecule has 0 unspecified atom stereocenters. The van der Waals surface area contributed by atoms with Gasteiger partial charge in [0.25, 0.3) is 0 Å². The normalized spacial score (nSPS) is 10.1. The first-order chi connectivity index (χ1) is 7.66. The zero-order valence-corrected chi connectivity index (χ0v) is 8.77. The average molecular weight is 217 g/mol. The molecule has 2 rings (SSSR count). The Kier molecular flexibility index (Phi) is 2.64. The third-order valence-electron chi connectivity index (χ3n) is 2.12. The highest BCUT2D eigenvalue weighted by Gasteiger charge is 2.14. The first-order valence-corrected chi connectivity index (χ1v) is 4.78. The molecule has 82 valence electrons. The number of rotatable bonds is 2. The van der Waals surface area contributed by atoms with E-state index in [0.29, 0.717) is 5.75 Å². The van der Waals surface area contributed by atoms with Crippen molar-refractivity contribution in [3.05, 3.63) is 47.7 Å². The molecule has 0 saturated heterocycles. The average Bonchev–Trinajstić information content (AvgIpc) is 2.64. The summed E-state index contributed by atoms with van der Waals surface area (Å²) in [7, 11) is 0. The molecule has 0 aliphatic rings. The van der Waals surface area contributed by atoms with E-state index in [0.717, 1.165) is 5.56 Å². The van der Waals surface area contributed by atoms with Crippen molar-refractivity contribution in [2.75, 3.05) is 5.73 Å². The zero-order valence-electron chi connectivity index (χ0n) is 8.77. The summed E-state index contributed by atoms with van der Waals surface area (Å²) in [6.07, 6.45) is 1.35. The van der Waals surface area contributed by atoms with E-state index >= 15 is 0 Å². The van der Waals surface area contributed by atoms with Crippen molar-refractivity contribution in [2.24, 2.45) is 0 Å². The standard InChI is InChI=1S/C12H11NO3/c1-8-3-2-4-9(7-8)16-12(14)10-5-6-15-11(10)13/h2-7H,13H2,1H3. The van der Waals surface area contributed by atoms with Crippen LogP contribution in [-0.4, -0.2) is 5.97 Å². The quantitative estimate of drug-likeness (QED) is 0.619. The van der Waals surface area contributed by atoms with Gasteiger partial charge in [-0.05, 0) is 30.7 Å². The van der Waals surface area contributed by atoms with Crippen LogP contribution in [0.2, 0.25) is 0 Å². The van der Waals surface area contributed by atoms with Crippen LogP contribution >= 0.6 is 0 Å². The number of hydrogen-bond acceptors (Lipinski definition) is 4. The lowest BCUT2D eigenvalue weighted by atomic mass is 10.2. The number of nitrogen functional groups attached to an aromatic ring is 1. The molecule has 4 heteroatoms. The summed E-state index contributed by atoms with van der Waals surface area (Å²) in [5.41, 5.74) is 6.71. The third kappa shape index (κ3) is 2.06. The zero-order chi connectivity index (χ0) is 11.5. The van der Waals surface area contributed by atoms with E-state index in [1.807, 2.05) is 19.1 Å². The van der Waals surface area contributed by atoms with Gasteiger partial charge in [-0.25, -0.2) is 4.79 Å². The number of nitrogens with two attached hydrogens (primary N) is 1. The van der Waals surface area contributed by atoms with Gasteiger partial charge in [0.1, 0.15) is 11.3 Å². The van der Waals surface area contributed by atoms with Crippen LogP contribution in [0, 0.1) is 6.92 Å². The second-order valence-electron chi connectivity index (χ2n) is 3.40. The van der Waals surface area contributed by atoms with Gasteiger partial charge in [0.15, 0.2) is 0 Å². The fourth-order valence-electron chi connectivity index (χ4n) is 1.33. The number of benzene rings is 1. The summed E-state index contributed by atoms with van der Waals surface area (Å²) in [5, 5.41) is 0. The van der Waals surface area contributed by atoms with Crippen LogP contribution < -0.4 is 10.5 Å². The lowest BCUT2D eigenvalue weighted by Crippen LogP contribution is -2.09. The number of carbonyl (C=O) groups excluding carboxylic acids is 1. The Morgan fingerprint density at radius 3 is 2.81 bits per heavy atom. The van der Waals surface area contributed by atoms with E-state index in [2.05, 4.69) is 0 Å². The number of esters is 1. The molecule has 2 aromatic rings. The molecule has 0 spiro atoms.